The van der Waals surface area contributed by atoms with Gasteiger partial charge in [0, 0.05) is 5.69 Å². The van der Waals surface area contributed by atoms with Crippen LogP contribution in [0.25, 0.3) is 0 Å². The standard InChI is InChI=1S/C16H18N2S/c1-12-6-4-8-14(10-12)17-16(19-3)18-15-9-5-7-13(2)11-15/h4-11H,1-3H3,(H,17,18). The first-order valence-electron chi connectivity index (χ1n) is 6.20. The Labute approximate surface area is 119 Å². The second kappa shape index (κ2) is 6.43. The van der Waals surface area contributed by atoms with Gasteiger partial charge in [-0.15, -0.1) is 0 Å². The molecule has 98 valence electrons. The Hall–Kier alpha value is -1.74. The Balaban J connectivity index is 2.20. The predicted octanol–water partition coefficient (Wildman–Crippen LogP) is 4.77. The van der Waals surface area contributed by atoms with Crippen LogP contribution in [0, 0.1) is 13.8 Å². The van der Waals surface area contributed by atoms with Crippen molar-refractivity contribution in [1.82, 2.24) is 0 Å². The van der Waals surface area contributed by atoms with Crippen LogP contribution in [-0.4, -0.2) is 11.4 Å². The number of aryl methyl sites for hydroxylation is 2. The van der Waals surface area contributed by atoms with Gasteiger partial charge in [-0.25, -0.2) is 4.99 Å². The van der Waals surface area contributed by atoms with Crippen molar-refractivity contribution in [2.24, 2.45) is 4.99 Å². The fourth-order valence-electron chi connectivity index (χ4n) is 1.79. The molecule has 19 heavy (non-hydrogen) atoms. The van der Waals surface area contributed by atoms with Crippen molar-refractivity contribution in [3.8, 4) is 0 Å². The van der Waals surface area contributed by atoms with E-state index >= 15 is 0 Å². The maximum Gasteiger partial charge on any atom is 0.165 e. The van der Waals surface area contributed by atoms with Gasteiger partial charge in [0.2, 0.25) is 0 Å². The molecule has 1 N–H and O–H groups in total. The summed E-state index contributed by atoms with van der Waals surface area (Å²) >= 11 is 1.61. The summed E-state index contributed by atoms with van der Waals surface area (Å²) in [5.41, 5.74) is 4.50. The van der Waals surface area contributed by atoms with Crippen LogP contribution in [0.4, 0.5) is 11.4 Å². The molecule has 0 aromatic heterocycles. The smallest absolute Gasteiger partial charge is 0.165 e. The van der Waals surface area contributed by atoms with Gasteiger partial charge in [0.05, 0.1) is 5.69 Å². The van der Waals surface area contributed by atoms with Gasteiger partial charge in [-0.1, -0.05) is 36.0 Å². The molecule has 0 saturated heterocycles. The summed E-state index contributed by atoms with van der Waals surface area (Å²) < 4.78 is 0. The number of aliphatic imine (C=N–C) groups is 1. The van der Waals surface area contributed by atoms with E-state index in [2.05, 4.69) is 54.5 Å². The van der Waals surface area contributed by atoms with Crippen molar-refractivity contribution in [2.75, 3.05) is 11.6 Å². The zero-order chi connectivity index (χ0) is 13.7. The van der Waals surface area contributed by atoms with E-state index < -0.39 is 0 Å². The molecule has 2 nitrogen and oxygen atoms in total. The Morgan fingerprint density at radius 1 is 1.00 bits per heavy atom. The molecule has 0 radical (unpaired) electrons. The number of amidine groups is 1. The normalized spacial score (nSPS) is 11.4. The minimum Gasteiger partial charge on any atom is -0.335 e. The lowest BCUT2D eigenvalue weighted by Gasteiger charge is -2.08. The third kappa shape index (κ3) is 4.14. The van der Waals surface area contributed by atoms with Crippen molar-refractivity contribution in [2.45, 2.75) is 13.8 Å². The van der Waals surface area contributed by atoms with Crippen LogP contribution in [-0.2, 0) is 0 Å². The van der Waals surface area contributed by atoms with E-state index in [1.165, 1.54) is 11.1 Å². The molecule has 0 aliphatic rings. The lowest BCUT2D eigenvalue weighted by Crippen LogP contribution is -2.06. The molecule has 0 spiro atoms. The molecule has 0 aliphatic heterocycles. The van der Waals surface area contributed by atoms with E-state index in [-0.39, 0.29) is 0 Å². The van der Waals surface area contributed by atoms with Crippen LogP contribution in [0.5, 0.6) is 0 Å². The molecule has 2 aromatic carbocycles. The SMILES string of the molecule is CSC(=Nc1cccc(C)c1)Nc1cccc(C)c1. The second-order valence-corrected chi connectivity index (χ2v) is 5.25. The summed E-state index contributed by atoms with van der Waals surface area (Å²) in [5, 5.41) is 4.25. The summed E-state index contributed by atoms with van der Waals surface area (Å²) in [6.45, 7) is 4.16. The van der Waals surface area contributed by atoms with Crippen molar-refractivity contribution in [3.05, 3.63) is 59.7 Å². The maximum atomic E-state index is 4.63. The predicted molar refractivity (Wildman–Crippen MR) is 86.6 cm³/mol. The molecule has 2 aromatic rings. The topological polar surface area (TPSA) is 24.4 Å². The Morgan fingerprint density at radius 2 is 1.68 bits per heavy atom. The molecule has 0 aliphatic carbocycles. The number of nitrogens with zero attached hydrogens (tertiary/aromatic N) is 1. The van der Waals surface area contributed by atoms with Gasteiger partial charge in [-0.3, -0.25) is 0 Å². The van der Waals surface area contributed by atoms with E-state index in [1.807, 2.05) is 24.5 Å². The summed E-state index contributed by atoms with van der Waals surface area (Å²) in [7, 11) is 0. The molecule has 0 fully saturated rings. The van der Waals surface area contributed by atoms with Gasteiger partial charge in [0.25, 0.3) is 0 Å². The highest BCUT2D eigenvalue weighted by Gasteiger charge is 2.00. The fourth-order valence-corrected chi connectivity index (χ4v) is 2.20. The van der Waals surface area contributed by atoms with Gasteiger partial charge < -0.3 is 5.32 Å². The molecule has 2 rings (SSSR count). The number of rotatable bonds is 2. The molecule has 0 amide bonds. The third-order valence-electron chi connectivity index (χ3n) is 2.69. The fraction of sp³-hybridized carbons (Fsp3) is 0.188. The molecule has 0 saturated carbocycles. The number of hydrogen-bond donors (Lipinski definition) is 1. The summed E-state index contributed by atoms with van der Waals surface area (Å²) in [5.74, 6) is 0. The largest absolute Gasteiger partial charge is 0.335 e. The van der Waals surface area contributed by atoms with Gasteiger partial charge >= 0.3 is 0 Å². The molecule has 0 bridgehead atoms. The van der Waals surface area contributed by atoms with Gasteiger partial charge in [0.1, 0.15) is 0 Å². The maximum absolute atomic E-state index is 4.63. The third-order valence-corrected chi connectivity index (χ3v) is 3.28. The Morgan fingerprint density at radius 3 is 2.32 bits per heavy atom. The number of anilines is 1. The first-order valence-corrected chi connectivity index (χ1v) is 7.43. The van der Waals surface area contributed by atoms with E-state index in [0.717, 1.165) is 16.5 Å². The first-order chi connectivity index (χ1) is 9.17. The van der Waals surface area contributed by atoms with Crippen molar-refractivity contribution < 1.29 is 0 Å². The monoisotopic (exact) mass is 270 g/mol. The Kier molecular flexibility index (Phi) is 4.63. The van der Waals surface area contributed by atoms with Crippen LogP contribution >= 0.6 is 11.8 Å². The lowest BCUT2D eigenvalue weighted by atomic mass is 10.2. The van der Waals surface area contributed by atoms with Crippen LogP contribution < -0.4 is 5.32 Å². The minimum absolute atomic E-state index is 0.899. The highest BCUT2D eigenvalue weighted by atomic mass is 32.2. The van der Waals surface area contributed by atoms with Crippen LogP contribution in [0.15, 0.2) is 53.5 Å². The van der Waals surface area contributed by atoms with E-state index in [4.69, 9.17) is 0 Å². The highest BCUT2D eigenvalue weighted by Crippen LogP contribution is 2.18. The number of nitrogens with one attached hydrogen (secondary N) is 1. The van der Waals surface area contributed by atoms with Crippen molar-refractivity contribution in [1.29, 1.82) is 0 Å². The van der Waals surface area contributed by atoms with E-state index in [9.17, 15) is 0 Å². The first kappa shape index (κ1) is 13.7. The quantitative estimate of drug-likeness (QED) is 0.628. The highest BCUT2D eigenvalue weighted by molar-refractivity contribution is 8.13. The minimum atomic E-state index is 0.899. The van der Waals surface area contributed by atoms with Gasteiger partial charge in [-0.2, -0.15) is 0 Å². The average Bonchev–Trinajstić information content (AvgIpc) is 2.38. The van der Waals surface area contributed by atoms with Crippen LogP contribution in [0.3, 0.4) is 0 Å². The summed E-state index contributed by atoms with van der Waals surface area (Å²) in [6, 6.07) is 16.5. The number of thioether (sulfide) groups is 1. The summed E-state index contributed by atoms with van der Waals surface area (Å²) in [4.78, 5) is 4.63. The second-order valence-electron chi connectivity index (χ2n) is 4.45. The average molecular weight is 270 g/mol. The van der Waals surface area contributed by atoms with E-state index in [0.29, 0.717) is 0 Å². The van der Waals surface area contributed by atoms with Crippen molar-refractivity contribution in [3.63, 3.8) is 0 Å². The van der Waals surface area contributed by atoms with E-state index in [1.54, 1.807) is 11.8 Å². The number of benzene rings is 2. The van der Waals surface area contributed by atoms with Gasteiger partial charge in [-0.05, 0) is 55.5 Å². The van der Waals surface area contributed by atoms with Crippen LogP contribution in [0.2, 0.25) is 0 Å². The number of hydrogen-bond acceptors (Lipinski definition) is 2. The zero-order valence-corrected chi connectivity index (χ0v) is 12.3. The molecular weight excluding hydrogens is 252 g/mol. The van der Waals surface area contributed by atoms with Gasteiger partial charge in [0.15, 0.2) is 5.17 Å². The molecule has 0 unspecified atom stereocenters. The zero-order valence-electron chi connectivity index (χ0n) is 11.5. The van der Waals surface area contributed by atoms with Crippen LogP contribution in [0.1, 0.15) is 11.1 Å². The molecule has 0 atom stereocenters. The van der Waals surface area contributed by atoms with Crippen molar-refractivity contribution >= 4 is 28.3 Å². The molecule has 3 heteroatoms. The Bertz CT molecular complexity index is 591. The molecule has 0 heterocycles. The summed E-state index contributed by atoms with van der Waals surface area (Å²) in [6.07, 6.45) is 2.03. The lowest BCUT2D eigenvalue weighted by molar-refractivity contribution is 1.42. The molecular formula is C16H18N2S.